The zero-order valence-electron chi connectivity index (χ0n) is 17.4. The van der Waals surface area contributed by atoms with Crippen LogP contribution in [0.15, 0.2) is 48.5 Å². The van der Waals surface area contributed by atoms with Gasteiger partial charge < -0.3 is 20.1 Å². The molecule has 0 aliphatic carbocycles. The van der Waals surface area contributed by atoms with Crippen molar-refractivity contribution in [2.24, 2.45) is 0 Å². The van der Waals surface area contributed by atoms with Crippen LogP contribution in [0.1, 0.15) is 37.8 Å². The minimum atomic E-state index is -0.812. The molecule has 7 nitrogen and oxygen atoms in total. The smallest absolute Gasteiger partial charge is 0.307 e. The van der Waals surface area contributed by atoms with Crippen LogP contribution in [-0.4, -0.2) is 36.6 Å². The van der Waals surface area contributed by atoms with Crippen molar-refractivity contribution in [2.45, 2.75) is 49.7 Å². The third kappa shape index (κ3) is 2.66. The Morgan fingerprint density at radius 1 is 0.806 bits per heavy atom. The van der Waals surface area contributed by atoms with E-state index in [2.05, 4.69) is 10.6 Å². The quantitative estimate of drug-likeness (QED) is 0.639. The third-order valence-corrected chi connectivity index (χ3v) is 7.11. The van der Waals surface area contributed by atoms with Crippen molar-refractivity contribution in [3.63, 3.8) is 0 Å². The van der Waals surface area contributed by atoms with E-state index in [9.17, 15) is 14.4 Å². The molecule has 4 atom stereocenters. The molecule has 0 radical (unpaired) electrons. The first-order chi connectivity index (χ1) is 14.9. The number of hydrogen-bond donors (Lipinski definition) is 2. The molecule has 4 aliphatic rings. The minimum absolute atomic E-state index is 0.0267. The number of esters is 1. The van der Waals surface area contributed by atoms with Crippen molar-refractivity contribution in [1.82, 2.24) is 0 Å². The van der Waals surface area contributed by atoms with Crippen molar-refractivity contribution in [3.8, 4) is 0 Å². The maximum Gasteiger partial charge on any atom is 0.307 e. The van der Waals surface area contributed by atoms with Gasteiger partial charge >= 0.3 is 5.97 Å². The number of benzene rings is 2. The van der Waals surface area contributed by atoms with E-state index in [4.69, 9.17) is 9.47 Å². The van der Waals surface area contributed by atoms with Crippen molar-refractivity contribution in [2.75, 3.05) is 17.2 Å². The Morgan fingerprint density at radius 3 is 1.87 bits per heavy atom. The number of hydrogen-bond acceptors (Lipinski definition) is 5. The molecule has 0 saturated carbocycles. The summed E-state index contributed by atoms with van der Waals surface area (Å²) < 4.78 is 10.7. The molecular formula is C24H24N2O5. The number of nitrogens with one attached hydrogen (secondary N) is 2. The molecule has 2 aromatic carbocycles. The summed E-state index contributed by atoms with van der Waals surface area (Å²) >= 11 is 0. The normalized spacial score (nSPS) is 32.3. The molecule has 7 heteroatoms. The SMILES string of the molecule is C[C@@H]1OC(=O)C[C@@]12C(=O)Nc1ccccc12.C[C@@H]1OCC[C@@]12C(=O)Nc1ccccc12. The van der Waals surface area contributed by atoms with Crippen molar-refractivity contribution < 1.29 is 23.9 Å². The van der Waals surface area contributed by atoms with Crippen molar-refractivity contribution >= 4 is 29.2 Å². The molecule has 4 heterocycles. The van der Waals surface area contributed by atoms with Crippen LogP contribution in [0, 0.1) is 0 Å². The Morgan fingerprint density at radius 2 is 1.35 bits per heavy atom. The van der Waals surface area contributed by atoms with Crippen LogP contribution in [0.25, 0.3) is 0 Å². The summed E-state index contributed by atoms with van der Waals surface area (Å²) in [5.74, 6) is -0.347. The Labute approximate surface area is 180 Å². The molecule has 2 N–H and O–H groups in total. The number of carbonyl (C=O) groups is 3. The monoisotopic (exact) mass is 420 g/mol. The van der Waals surface area contributed by atoms with Crippen LogP contribution in [0.3, 0.4) is 0 Å². The average Bonchev–Trinajstić information content (AvgIpc) is 3.45. The number of cyclic esters (lactones) is 1. The fraction of sp³-hybridized carbons (Fsp3) is 0.375. The molecule has 2 amide bonds. The summed E-state index contributed by atoms with van der Waals surface area (Å²) in [5, 5.41) is 5.75. The van der Waals surface area contributed by atoms with Gasteiger partial charge in [-0.2, -0.15) is 0 Å². The van der Waals surface area contributed by atoms with E-state index in [-0.39, 0.29) is 30.3 Å². The van der Waals surface area contributed by atoms with E-state index in [1.165, 1.54) is 0 Å². The number of rotatable bonds is 0. The first-order valence-electron chi connectivity index (χ1n) is 10.5. The summed E-state index contributed by atoms with van der Waals surface area (Å²) in [7, 11) is 0. The zero-order chi connectivity index (χ0) is 21.8. The molecule has 0 aromatic heterocycles. The van der Waals surface area contributed by atoms with Crippen LogP contribution >= 0.6 is 0 Å². The Balaban J connectivity index is 0.000000132. The number of anilines is 2. The highest BCUT2D eigenvalue weighted by atomic mass is 16.6. The number of para-hydroxylation sites is 2. The lowest BCUT2D eigenvalue weighted by molar-refractivity contribution is -0.141. The van der Waals surface area contributed by atoms with Gasteiger partial charge in [0.25, 0.3) is 0 Å². The van der Waals surface area contributed by atoms with Gasteiger partial charge in [0, 0.05) is 18.0 Å². The Hall–Kier alpha value is -3.19. The largest absolute Gasteiger partial charge is 0.461 e. The Bertz CT molecular complexity index is 1100. The Kier molecular flexibility index (Phi) is 4.41. The predicted molar refractivity (Wildman–Crippen MR) is 114 cm³/mol. The highest BCUT2D eigenvalue weighted by molar-refractivity contribution is 6.09. The molecule has 2 saturated heterocycles. The second-order valence-corrected chi connectivity index (χ2v) is 8.51. The number of ether oxygens (including phenoxy) is 2. The van der Waals surface area contributed by atoms with E-state index in [1.807, 2.05) is 55.5 Å². The molecular weight excluding hydrogens is 396 g/mol. The number of fused-ring (bicyclic) bond motifs is 4. The average molecular weight is 420 g/mol. The van der Waals surface area contributed by atoms with Gasteiger partial charge in [-0.15, -0.1) is 0 Å². The lowest BCUT2D eigenvalue weighted by Crippen LogP contribution is -2.40. The molecule has 2 aromatic rings. The minimum Gasteiger partial charge on any atom is -0.461 e. The third-order valence-electron chi connectivity index (χ3n) is 7.11. The van der Waals surface area contributed by atoms with Crippen LogP contribution in [0.4, 0.5) is 11.4 Å². The van der Waals surface area contributed by atoms with Gasteiger partial charge in [-0.05, 0) is 43.5 Å². The van der Waals surface area contributed by atoms with E-state index in [0.29, 0.717) is 6.61 Å². The van der Waals surface area contributed by atoms with Gasteiger partial charge in [-0.3, -0.25) is 14.4 Å². The molecule has 6 rings (SSSR count). The fourth-order valence-corrected chi connectivity index (χ4v) is 5.36. The first-order valence-corrected chi connectivity index (χ1v) is 10.5. The summed E-state index contributed by atoms with van der Waals surface area (Å²) in [6.07, 6.45) is 0.499. The van der Waals surface area contributed by atoms with Gasteiger partial charge in [-0.1, -0.05) is 36.4 Å². The molecule has 2 fully saturated rings. The lowest BCUT2D eigenvalue weighted by atomic mass is 9.76. The molecule has 160 valence electrons. The maximum absolute atomic E-state index is 12.1. The van der Waals surface area contributed by atoms with Gasteiger partial charge in [-0.25, -0.2) is 0 Å². The number of carbonyl (C=O) groups excluding carboxylic acids is 3. The highest BCUT2D eigenvalue weighted by Gasteiger charge is 2.58. The summed E-state index contributed by atoms with van der Waals surface area (Å²) in [6.45, 7) is 4.42. The van der Waals surface area contributed by atoms with Crippen LogP contribution < -0.4 is 10.6 Å². The fourth-order valence-electron chi connectivity index (χ4n) is 5.36. The van der Waals surface area contributed by atoms with Crippen LogP contribution in [0.5, 0.6) is 0 Å². The zero-order valence-corrected chi connectivity index (χ0v) is 17.4. The van der Waals surface area contributed by atoms with E-state index in [0.717, 1.165) is 28.9 Å². The van der Waals surface area contributed by atoms with Crippen molar-refractivity contribution in [3.05, 3.63) is 59.7 Å². The predicted octanol–water partition coefficient (Wildman–Crippen LogP) is 2.90. The molecule has 31 heavy (non-hydrogen) atoms. The summed E-state index contributed by atoms with van der Waals surface area (Å²) in [5.41, 5.74) is 2.46. The van der Waals surface area contributed by atoms with Gasteiger partial charge in [0.1, 0.15) is 16.9 Å². The lowest BCUT2D eigenvalue weighted by Gasteiger charge is -2.24. The molecule has 0 unspecified atom stereocenters. The van der Waals surface area contributed by atoms with Gasteiger partial charge in [0.15, 0.2) is 0 Å². The highest BCUT2D eigenvalue weighted by Crippen LogP contribution is 2.48. The number of amides is 2. The molecule has 2 spiro atoms. The standard InChI is InChI=1S/C12H11NO3.C12H13NO2/c1-7-12(6-10(14)16-7)8-4-2-3-5-9(8)13-11(12)15;1-8-12(6-7-15-8)9-4-2-3-5-10(9)13-11(12)14/h2-5,7H,6H2,1H3,(H,13,15);2-5,8H,6-7H2,1H3,(H,13,14)/t7-,12+;8-,12+/m00/s1. The summed E-state index contributed by atoms with van der Waals surface area (Å²) in [4.78, 5) is 35.5. The maximum atomic E-state index is 12.1. The first kappa shape index (κ1) is 19.8. The second-order valence-electron chi connectivity index (χ2n) is 8.51. The molecule has 0 bridgehead atoms. The van der Waals surface area contributed by atoms with Crippen LogP contribution in [0.2, 0.25) is 0 Å². The summed E-state index contributed by atoms with van der Waals surface area (Å²) in [6, 6.07) is 15.4. The van der Waals surface area contributed by atoms with E-state index >= 15 is 0 Å². The topological polar surface area (TPSA) is 93.7 Å². The molecule has 4 aliphatic heterocycles. The van der Waals surface area contributed by atoms with E-state index < -0.39 is 16.9 Å². The second kappa shape index (κ2) is 6.92. The van der Waals surface area contributed by atoms with Gasteiger partial charge in [0.05, 0.1) is 12.5 Å². The van der Waals surface area contributed by atoms with Gasteiger partial charge in [0.2, 0.25) is 11.8 Å². The van der Waals surface area contributed by atoms with Crippen molar-refractivity contribution in [1.29, 1.82) is 0 Å². The van der Waals surface area contributed by atoms with E-state index in [1.54, 1.807) is 6.92 Å². The van der Waals surface area contributed by atoms with Crippen LogP contribution in [-0.2, 0) is 34.7 Å².